The maximum absolute atomic E-state index is 10.4. The summed E-state index contributed by atoms with van der Waals surface area (Å²) >= 11 is 3.01. The summed E-state index contributed by atoms with van der Waals surface area (Å²) < 4.78 is 0. The summed E-state index contributed by atoms with van der Waals surface area (Å²) in [5.74, 6) is -0.959. The van der Waals surface area contributed by atoms with Crippen LogP contribution in [0.15, 0.2) is 17.7 Å². The molecule has 2 heterocycles. The normalized spacial score (nSPS) is 11.6. The molecule has 0 aliphatic heterocycles. The predicted octanol–water partition coefficient (Wildman–Crippen LogP) is 3.18. The van der Waals surface area contributed by atoms with Gasteiger partial charge in [0.1, 0.15) is 10.0 Å². The molecule has 2 aromatic heterocycles. The van der Waals surface area contributed by atoms with Gasteiger partial charge in [-0.2, -0.15) is 0 Å². The van der Waals surface area contributed by atoms with Crippen molar-refractivity contribution < 1.29 is 9.90 Å². The molecular formula is C12H10N2O2S2. The molecule has 1 N–H and O–H groups in total. The van der Waals surface area contributed by atoms with Gasteiger partial charge in [-0.05, 0) is 25.2 Å². The van der Waals surface area contributed by atoms with Crippen LogP contribution in [-0.4, -0.2) is 21.0 Å². The number of aryl methyl sites for hydroxylation is 1. The molecule has 2 aromatic rings. The summed E-state index contributed by atoms with van der Waals surface area (Å²) in [5, 5.41) is 12.3. The Morgan fingerprint density at radius 2 is 2.11 bits per heavy atom. The Bertz CT molecular complexity index is 611. The van der Waals surface area contributed by atoms with E-state index in [2.05, 4.69) is 9.97 Å². The zero-order valence-corrected chi connectivity index (χ0v) is 11.2. The van der Waals surface area contributed by atoms with E-state index in [0.717, 1.165) is 26.7 Å². The highest BCUT2D eigenvalue weighted by atomic mass is 32.1. The molecule has 4 nitrogen and oxygen atoms in total. The van der Waals surface area contributed by atoms with Crippen LogP contribution in [0.1, 0.15) is 20.6 Å². The first-order valence-corrected chi connectivity index (χ1v) is 6.80. The van der Waals surface area contributed by atoms with Gasteiger partial charge in [-0.25, -0.2) is 14.8 Å². The van der Waals surface area contributed by atoms with Crippen LogP contribution in [0.3, 0.4) is 0 Å². The van der Waals surface area contributed by atoms with Crippen molar-refractivity contribution in [3.63, 3.8) is 0 Å². The van der Waals surface area contributed by atoms with Crippen LogP contribution < -0.4 is 0 Å². The lowest BCUT2D eigenvalue weighted by molar-refractivity contribution is -0.131. The van der Waals surface area contributed by atoms with E-state index in [-0.39, 0.29) is 0 Å². The first-order chi connectivity index (χ1) is 8.63. The molecular weight excluding hydrogens is 268 g/mol. The summed E-state index contributed by atoms with van der Waals surface area (Å²) in [5.41, 5.74) is 1.00. The third-order valence-electron chi connectivity index (χ3n) is 1.94. The van der Waals surface area contributed by atoms with Gasteiger partial charge in [0.2, 0.25) is 0 Å². The van der Waals surface area contributed by atoms with Crippen LogP contribution in [0.5, 0.6) is 0 Å². The highest BCUT2D eigenvalue weighted by Gasteiger charge is 1.98. The highest BCUT2D eigenvalue weighted by molar-refractivity contribution is 7.13. The largest absolute Gasteiger partial charge is 0.478 e. The minimum atomic E-state index is -0.959. The monoisotopic (exact) mass is 278 g/mol. The number of carboxylic acid groups (broad SMARTS) is 1. The average Bonchev–Trinajstić information content (AvgIpc) is 2.93. The Balaban J connectivity index is 2.06. The van der Waals surface area contributed by atoms with Crippen molar-refractivity contribution in [2.75, 3.05) is 0 Å². The quantitative estimate of drug-likeness (QED) is 0.872. The molecule has 0 atom stereocenters. The molecule has 0 fully saturated rings. The lowest BCUT2D eigenvalue weighted by atomic mass is 10.4. The van der Waals surface area contributed by atoms with Crippen LogP contribution >= 0.6 is 22.7 Å². The minimum absolute atomic E-state index is 0.812. The van der Waals surface area contributed by atoms with Crippen molar-refractivity contribution in [1.29, 1.82) is 0 Å². The predicted molar refractivity (Wildman–Crippen MR) is 74.6 cm³/mol. The number of aromatic nitrogens is 2. The molecule has 0 bridgehead atoms. The smallest absolute Gasteiger partial charge is 0.328 e. The van der Waals surface area contributed by atoms with Crippen molar-refractivity contribution in [3.8, 4) is 0 Å². The van der Waals surface area contributed by atoms with Crippen LogP contribution in [0.25, 0.3) is 18.2 Å². The summed E-state index contributed by atoms with van der Waals surface area (Å²) in [6.45, 7) is 1.95. The number of hydrogen-bond acceptors (Lipinski definition) is 5. The van der Waals surface area contributed by atoms with Crippen molar-refractivity contribution in [2.24, 2.45) is 0 Å². The number of carboxylic acids is 1. The Morgan fingerprint density at radius 3 is 2.78 bits per heavy atom. The second kappa shape index (κ2) is 5.70. The Labute approximate surface area is 112 Å². The third kappa shape index (κ3) is 3.61. The maximum atomic E-state index is 10.4. The fraction of sp³-hybridized carbons (Fsp3) is 0.0833. The van der Waals surface area contributed by atoms with Gasteiger partial charge in [0.25, 0.3) is 0 Å². The lowest BCUT2D eigenvalue weighted by Gasteiger charge is -1.82. The Kier molecular flexibility index (Phi) is 4.01. The fourth-order valence-electron chi connectivity index (χ4n) is 1.20. The van der Waals surface area contributed by atoms with Gasteiger partial charge < -0.3 is 5.11 Å². The molecule has 0 radical (unpaired) electrons. The molecule has 0 aliphatic carbocycles. The number of nitrogens with zero attached hydrogens (tertiary/aromatic N) is 2. The average molecular weight is 278 g/mol. The van der Waals surface area contributed by atoms with Crippen LogP contribution in [0, 0.1) is 6.92 Å². The molecule has 6 heteroatoms. The molecule has 0 spiro atoms. The number of rotatable bonds is 4. The number of aliphatic carboxylic acids is 1. The van der Waals surface area contributed by atoms with Crippen molar-refractivity contribution in [1.82, 2.24) is 9.97 Å². The van der Waals surface area contributed by atoms with Gasteiger partial charge in [-0.15, -0.1) is 22.7 Å². The summed E-state index contributed by atoms with van der Waals surface area (Å²) in [7, 11) is 0. The molecule has 0 aliphatic rings. The molecule has 0 amide bonds. The molecule has 0 aromatic carbocycles. The number of hydrogen-bond donors (Lipinski definition) is 1. The lowest BCUT2D eigenvalue weighted by Crippen LogP contribution is -1.84. The first-order valence-electron chi connectivity index (χ1n) is 5.10. The van der Waals surface area contributed by atoms with E-state index in [1.807, 2.05) is 24.5 Å². The van der Waals surface area contributed by atoms with E-state index in [1.54, 1.807) is 17.5 Å². The maximum Gasteiger partial charge on any atom is 0.328 e. The summed E-state index contributed by atoms with van der Waals surface area (Å²) in [6.07, 6.45) is 8.06. The molecule has 18 heavy (non-hydrogen) atoms. The van der Waals surface area contributed by atoms with Crippen LogP contribution in [0.2, 0.25) is 0 Å². The second-order valence-electron chi connectivity index (χ2n) is 3.43. The molecule has 0 unspecified atom stereocenters. The Morgan fingerprint density at radius 1 is 1.33 bits per heavy atom. The van der Waals surface area contributed by atoms with Crippen molar-refractivity contribution >= 4 is 46.9 Å². The third-order valence-corrected chi connectivity index (χ3v) is 3.79. The van der Waals surface area contributed by atoms with E-state index in [9.17, 15) is 4.79 Å². The van der Waals surface area contributed by atoms with Crippen LogP contribution in [0.4, 0.5) is 0 Å². The van der Waals surface area contributed by atoms with E-state index in [0.29, 0.717) is 0 Å². The van der Waals surface area contributed by atoms with Gasteiger partial charge in [0.05, 0.1) is 0 Å². The minimum Gasteiger partial charge on any atom is -0.478 e. The number of carbonyl (C=O) groups is 1. The zero-order valence-electron chi connectivity index (χ0n) is 9.53. The first kappa shape index (κ1) is 12.7. The topological polar surface area (TPSA) is 63.1 Å². The standard InChI is InChI=1S/C12H10N2O2S2/c1-8-7-17-11(14-8)4-3-10-13-6-9(18-10)2-5-12(15)16/h2-7H,1H3,(H,15,16)/b4-3+,5-2+. The van der Waals surface area contributed by atoms with Gasteiger partial charge in [-0.1, -0.05) is 0 Å². The van der Waals surface area contributed by atoms with Gasteiger partial charge in [-0.3, -0.25) is 0 Å². The molecule has 2 rings (SSSR count). The fourth-order valence-corrected chi connectivity index (χ4v) is 2.61. The number of thiazole rings is 2. The SMILES string of the molecule is Cc1csc(/C=C/c2ncc(/C=C/C(=O)O)s2)n1. The van der Waals surface area contributed by atoms with Crippen molar-refractivity contribution in [3.05, 3.63) is 38.2 Å². The van der Waals surface area contributed by atoms with E-state index >= 15 is 0 Å². The van der Waals surface area contributed by atoms with E-state index in [4.69, 9.17) is 5.11 Å². The van der Waals surface area contributed by atoms with E-state index in [1.165, 1.54) is 17.4 Å². The van der Waals surface area contributed by atoms with Crippen molar-refractivity contribution in [2.45, 2.75) is 6.92 Å². The van der Waals surface area contributed by atoms with Gasteiger partial charge in [0, 0.05) is 28.2 Å². The molecule has 0 saturated heterocycles. The van der Waals surface area contributed by atoms with E-state index < -0.39 is 5.97 Å². The zero-order chi connectivity index (χ0) is 13.0. The second-order valence-corrected chi connectivity index (χ2v) is 5.42. The van der Waals surface area contributed by atoms with Gasteiger partial charge in [0.15, 0.2) is 0 Å². The molecule has 92 valence electrons. The summed E-state index contributed by atoms with van der Waals surface area (Å²) in [4.78, 5) is 19.7. The molecule has 0 saturated carbocycles. The van der Waals surface area contributed by atoms with Crippen LogP contribution in [-0.2, 0) is 4.79 Å². The Hall–Kier alpha value is -1.79. The summed E-state index contributed by atoms with van der Waals surface area (Å²) in [6, 6.07) is 0. The van der Waals surface area contributed by atoms with Gasteiger partial charge >= 0.3 is 5.97 Å². The highest BCUT2D eigenvalue weighted by Crippen LogP contribution is 2.18.